The van der Waals surface area contributed by atoms with E-state index in [0.29, 0.717) is 37.7 Å². The highest BCUT2D eigenvalue weighted by atomic mass is 16.5. The van der Waals surface area contributed by atoms with E-state index in [1.165, 1.54) is 0 Å². The molecule has 3 heterocycles. The average molecular weight is 487 g/mol. The van der Waals surface area contributed by atoms with Crippen molar-refractivity contribution in [3.8, 4) is 11.5 Å². The second-order valence-electron chi connectivity index (χ2n) is 8.66. The second kappa shape index (κ2) is 11.2. The van der Waals surface area contributed by atoms with Crippen LogP contribution in [0.5, 0.6) is 11.5 Å². The number of fused-ring (bicyclic) bond motifs is 1. The van der Waals surface area contributed by atoms with E-state index in [9.17, 15) is 4.79 Å². The van der Waals surface area contributed by atoms with E-state index in [4.69, 9.17) is 14.2 Å². The van der Waals surface area contributed by atoms with Gasteiger partial charge >= 0.3 is 0 Å². The van der Waals surface area contributed by atoms with E-state index in [-0.39, 0.29) is 11.9 Å². The largest absolute Gasteiger partial charge is 0.497 e. The molecule has 36 heavy (non-hydrogen) atoms. The lowest BCUT2D eigenvalue weighted by atomic mass is 10.0. The van der Waals surface area contributed by atoms with Gasteiger partial charge in [-0.15, -0.1) is 0 Å². The van der Waals surface area contributed by atoms with Crippen LogP contribution in [0.25, 0.3) is 5.65 Å². The number of amides is 1. The Hall–Kier alpha value is -3.88. The van der Waals surface area contributed by atoms with Gasteiger partial charge in [0.2, 0.25) is 0 Å². The van der Waals surface area contributed by atoms with E-state index in [1.807, 2.05) is 59.3 Å². The molecule has 0 bridgehead atoms. The molecule has 1 aliphatic heterocycles. The molecule has 1 aliphatic rings. The highest BCUT2D eigenvalue weighted by Crippen LogP contribution is 2.24. The van der Waals surface area contributed by atoms with Crippen molar-refractivity contribution in [1.29, 1.82) is 0 Å². The lowest BCUT2D eigenvalue weighted by Gasteiger charge is -2.35. The molecule has 186 valence electrons. The number of nitrogens with one attached hydrogen (secondary N) is 1. The van der Waals surface area contributed by atoms with E-state index in [0.717, 1.165) is 35.7 Å². The topological polar surface area (TPSA) is 77.3 Å². The van der Waals surface area contributed by atoms with Gasteiger partial charge in [0.1, 0.15) is 23.8 Å². The summed E-state index contributed by atoms with van der Waals surface area (Å²) in [4.78, 5) is 19.8. The standard InChI is InChI=1S/C28H30N4O4/c1-34-24-9-5-21(6-10-24)26(31-14-16-35-17-15-31)18-29-28(33)22-7-11-25(12-8-22)36-20-23-19-32-13-3-2-4-27(32)30-23/h2-13,19,26H,14-18,20H2,1H3,(H,29,33)/t26-/m0/s1. The minimum Gasteiger partial charge on any atom is -0.497 e. The summed E-state index contributed by atoms with van der Waals surface area (Å²) in [5.41, 5.74) is 3.45. The maximum atomic E-state index is 12.9. The Morgan fingerprint density at radius 2 is 1.78 bits per heavy atom. The smallest absolute Gasteiger partial charge is 0.251 e. The van der Waals surface area contributed by atoms with E-state index < -0.39 is 0 Å². The molecule has 0 aliphatic carbocycles. The summed E-state index contributed by atoms with van der Waals surface area (Å²) >= 11 is 0. The molecule has 0 saturated carbocycles. The van der Waals surface area contributed by atoms with E-state index in [1.54, 1.807) is 19.2 Å². The highest BCUT2D eigenvalue weighted by molar-refractivity contribution is 5.94. The molecule has 2 aromatic carbocycles. The highest BCUT2D eigenvalue weighted by Gasteiger charge is 2.23. The molecular formula is C28H30N4O4. The minimum atomic E-state index is -0.117. The van der Waals surface area contributed by atoms with E-state index in [2.05, 4.69) is 27.3 Å². The molecule has 5 rings (SSSR count). The number of nitrogens with zero attached hydrogens (tertiary/aromatic N) is 3. The van der Waals surface area contributed by atoms with Crippen LogP contribution in [0.1, 0.15) is 27.7 Å². The van der Waals surface area contributed by atoms with Crippen molar-refractivity contribution in [2.24, 2.45) is 0 Å². The van der Waals surface area contributed by atoms with Gasteiger partial charge in [0.15, 0.2) is 0 Å². The van der Waals surface area contributed by atoms with Crippen LogP contribution in [-0.2, 0) is 11.3 Å². The normalized spacial score (nSPS) is 14.9. The van der Waals surface area contributed by atoms with Crippen LogP contribution < -0.4 is 14.8 Å². The third-order valence-electron chi connectivity index (χ3n) is 6.36. The Bertz CT molecular complexity index is 1250. The predicted octanol–water partition coefficient (Wildman–Crippen LogP) is 3.73. The van der Waals surface area contributed by atoms with Crippen LogP contribution in [0.2, 0.25) is 0 Å². The number of hydrogen-bond donors (Lipinski definition) is 1. The molecule has 2 aromatic heterocycles. The number of aromatic nitrogens is 2. The van der Waals surface area contributed by atoms with Crippen LogP contribution in [-0.4, -0.2) is 60.1 Å². The Kier molecular flexibility index (Phi) is 7.44. The monoisotopic (exact) mass is 486 g/mol. The first kappa shape index (κ1) is 23.8. The average Bonchev–Trinajstić information content (AvgIpc) is 3.36. The van der Waals surface area contributed by atoms with Gasteiger partial charge in [0, 0.05) is 37.6 Å². The van der Waals surface area contributed by atoms with Crippen molar-refractivity contribution in [3.63, 3.8) is 0 Å². The van der Waals surface area contributed by atoms with Gasteiger partial charge in [0.05, 0.1) is 32.1 Å². The molecule has 0 unspecified atom stereocenters. The number of rotatable bonds is 9. The lowest BCUT2D eigenvalue weighted by Crippen LogP contribution is -2.43. The van der Waals surface area contributed by atoms with Gasteiger partial charge in [-0.2, -0.15) is 0 Å². The number of pyridine rings is 1. The molecule has 1 fully saturated rings. The summed E-state index contributed by atoms with van der Waals surface area (Å²) in [6.45, 7) is 3.89. The molecule has 0 spiro atoms. The maximum absolute atomic E-state index is 12.9. The fourth-order valence-corrected chi connectivity index (χ4v) is 4.38. The van der Waals surface area contributed by atoms with Crippen molar-refractivity contribution >= 4 is 11.6 Å². The number of benzene rings is 2. The summed E-state index contributed by atoms with van der Waals surface area (Å²) in [6.07, 6.45) is 3.91. The van der Waals surface area contributed by atoms with Gasteiger partial charge in [-0.05, 0) is 54.1 Å². The summed E-state index contributed by atoms with van der Waals surface area (Å²) in [5.74, 6) is 1.38. The van der Waals surface area contributed by atoms with Gasteiger partial charge in [-0.1, -0.05) is 18.2 Å². The summed E-state index contributed by atoms with van der Waals surface area (Å²) in [5, 5.41) is 3.11. The first-order chi connectivity index (χ1) is 17.7. The Balaban J connectivity index is 1.19. The Morgan fingerprint density at radius 3 is 2.50 bits per heavy atom. The quantitative estimate of drug-likeness (QED) is 0.389. The van der Waals surface area contributed by atoms with Crippen molar-refractivity contribution in [1.82, 2.24) is 19.6 Å². The predicted molar refractivity (Wildman–Crippen MR) is 136 cm³/mol. The van der Waals surface area contributed by atoms with Crippen molar-refractivity contribution in [3.05, 3.63) is 95.9 Å². The molecule has 4 aromatic rings. The molecule has 1 atom stereocenters. The van der Waals surface area contributed by atoms with Crippen LogP contribution >= 0.6 is 0 Å². The third kappa shape index (κ3) is 5.67. The summed E-state index contributed by atoms with van der Waals surface area (Å²) < 4.78 is 18.7. The van der Waals surface area contributed by atoms with Gasteiger partial charge in [0.25, 0.3) is 5.91 Å². The van der Waals surface area contributed by atoms with Crippen LogP contribution in [0.15, 0.2) is 79.1 Å². The van der Waals surface area contributed by atoms with E-state index >= 15 is 0 Å². The maximum Gasteiger partial charge on any atom is 0.251 e. The minimum absolute atomic E-state index is 0.0526. The van der Waals surface area contributed by atoms with Gasteiger partial charge in [-0.25, -0.2) is 4.98 Å². The number of morpholine rings is 1. The van der Waals surface area contributed by atoms with Crippen LogP contribution in [0, 0.1) is 0 Å². The first-order valence-corrected chi connectivity index (χ1v) is 12.1. The first-order valence-electron chi connectivity index (χ1n) is 12.1. The van der Waals surface area contributed by atoms with Crippen LogP contribution in [0.3, 0.4) is 0 Å². The number of hydrogen-bond acceptors (Lipinski definition) is 6. The Morgan fingerprint density at radius 1 is 1.03 bits per heavy atom. The summed E-state index contributed by atoms with van der Waals surface area (Å²) in [7, 11) is 1.66. The number of methoxy groups -OCH3 is 1. The number of carbonyl (C=O) groups is 1. The number of ether oxygens (including phenoxy) is 3. The van der Waals surface area contributed by atoms with Crippen molar-refractivity contribution in [2.75, 3.05) is 40.0 Å². The molecular weight excluding hydrogens is 456 g/mol. The third-order valence-corrected chi connectivity index (χ3v) is 6.36. The Labute approximate surface area is 210 Å². The summed E-state index contributed by atoms with van der Waals surface area (Å²) in [6, 6.07) is 21.1. The zero-order valence-electron chi connectivity index (χ0n) is 20.3. The molecule has 1 amide bonds. The SMILES string of the molecule is COc1ccc([C@H](CNC(=O)c2ccc(OCc3cn4ccccc4n3)cc2)N2CCOCC2)cc1. The van der Waals surface area contributed by atoms with Crippen molar-refractivity contribution in [2.45, 2.75) is 12.6 Å². The van der Waals surface area contributed by atoms with Crippen molar-refractivity contribution < 1.29 is 19.0 Å². The molecule has 1 N–H and O–H groups in total. The molecule has 8 heteroatoms. The zero-order valence-corrected chi connectivity index (χ0v) is 20.3. The number of imidazole rings is 1. The molecule has 0 radical (unpaired) electrons. The van der Waals surface area contributed by atoms with Gasteiger partial charge in [-0.3, -0.25) is 9.69 Å². The molecule has 1 saturated heterocycles. The fourth-order valence-electron chi connectivity index (χ4n) is 4.38. The molecule has 8 nitrogen and oxygen atoms in total. The fraction of sp³-hybridized carbons (Fsp3) is 0.286. The lowest BCUT2D eigenvalue weighted by molar-refractivity contribution is 0.0162. The zero-order chi connectivity index (χ0) is 24.7. The van der Waals surface area contributed by atoms with Gasteiger partial charge < -0.3 is 23.9 Å². The number of carbonyl (C=O) groups excluding carboxylic acids is 1. The van der Waals surface area contributed by atoms with Crippen LogP contribution in [0.4, 0.5) is 0 Å². The second-order valence-corrected chi connectivity index (χ2v) is 8.66.